The molecule has 0 heterocycles. The zero-order chi connectivity index (χ0) is 21.5. The van der Waals surface area contributed by atoms with Gasteiger partial charge in [-0.3, -0.25) is 4.99 Å². The maximum Gasteiger partial charge on any atom is 0.134 e. The Morgan fingerprint density at radius 2 is 1.52 bits per heavy atom. The minimum atomic E-state index is 0.473. The van der Waals surface area contributed by atoms with E-state index in [-0.39, 0.29) is 0 Å². The molecule has 0 radical (unpaired) electrons. The second-order valence-electron chi connectivity index (χ2n) is 6.77. The number of hydrogen-bond donors (Lipinski definition) is 0. The third-order valence-corrected chi connectivity index (χ3v) is 5.31. The summed E-state index contributed by atoms with van der Waals surface area (Å²) < 4.78 is 12.6. The van der Waals surface area contributed by atoms with E-state index in [2.05, 4.69) is 20.9 Å². The quantitative estimate of drug-likeness (QED) is 0.243. The van der Waals surface area contributed by atoms with Gasteiger partial charge >= 0.3 is 0 Å². The van der Waals surface area contributed by atoms with Gasteiger partial charge in [0.05, 0.1) is 10.2 Å². The molecule has 0 aliphatic heterocycles. The van der Waals surface area contributed by atoms with Gasteiger partial charge in [-0.25, -0.2) is 0 Å². The highest BCUT2D eigenvalue weighted by Gasteiger charge is 2.03. The van der Waals surface area contributed by atoms with Crippen LogP contribution in [0.3, 0.4) is 0 Å². The number of benzene rings is 4. The van der Waals surface area contributed by atoms with E-state index in [4.69, 9.17) is 21.1 Å². The summed E-state index contributed by atoms with van der Waals surface area (Å²) in [5.74, 6) is 2.35. The van der Waals surface area contributed by atoms with E-state index in [0.717, 1.165) is 38.5 Å². The Morgan fingerprint density at radius 1 is 0.806 bits per heavy atom. The molecule has 31 heavy (non-hydrogen) atoms. The topological polar surface area (TPSA) is 30.8 Å². The van der Waals surface area contributed by atoms with Gasteiger partial charge in [0, 0.05) is 11.2 Å². The van der Waals surface area contributed by atoms with Crippen molar-refractivity contribution in [2.24, 2.45) is 4.99 Å². The van der Waals surface area contributed by atoms with E-state index in [1.807, 2.05) is 103 Å². The summed E-state index contributed by atoms with van der Waals surface area (Å²) in [6, 6.07) is 30.9. The molecule has 4 rings (SSSR count). The third kappa shape index (κ3) is 6.20. The van der Waals surface area contributed by atoms with Crippen molar-refractivity contribution in [1.29, 1.82) is 0 Å². The molecule has 3 nitrogen and oxygen atoms in total. The van der Waals surface area contributed by atoms with Gasteiger partial charge in [-0.2, -0.15) is 0 Å². The lowest BCUT2D eigenvalue weighted by molar-refractivity contribution is 0.304. The van der Waals surface area contributed by atoms with Crippen molar-refractivity contribution < 1.29 is 9.47 Å². The lowest BCUT2D eigenvalue weighted by Gasteiger charge is -2.09. The van der Waals surface area contributed by atoms with Crippen LogP contribution >= 0.6 is 27.5 Å². The smallest absolute Gasteiger partial charge is 0.134 e. The zero-order valence-electron chi connectivity index (χ0n) is 16.5. The molecule has 0 saturated carbocycles. The molecule has 0 fully saturated rings. The van der Waals surface area contributed by atoms with Crippen LogP contribution in [-0.4, -0.2) is 6.21 Å². The van der Waals surface area contributed by atoms with E-state index < -0.39 is 0 Å². The van der Waals surface area contributed by atoms with E-state index in [1.165, 1.54) is 0 Å². The highest BCUT2D eigenvalue weighted by Crippen LogP contribution is 2.27. The van der Waals surface area contributed by atoms with Crippen molar-refractivity contribution in [2.45, 2.75) is 6.61 Å². The Hall–Kier alpha value is -3.08. The Labute approximate surface area is 195 Å². The van der Waals surface area contributed by atoms with Crippen LogP contribution in [0.15, 0.2) is 107 Å². The number of rotatable bonds is 7. The van der Waals surface area contributed by atoms with Crippen LogP contribution in [-0.2, 0) is 6.61 Å². The molecular weight excluding hydrogens is 474 g/mol. The van der Waals surface area contributed by atoms with Gasteiger partial charge in [-0.15, -0.1) is 0 Å². The fourth-order valence-corrected chi connectivity index (χ4v) is 3.47. The number of halogens is 2. The second kappa shape index (κ2) is 10.3. The van der Waals surface area contributed by atoms with Gasteiger partial charge in [-0.1, -0.05) is 41.9 Å². The number of nitrogens with zero attached hydrogens (tertiary/aromatic N) is 1. The van der Waals surface area contributed by atoms with Crippen LogP contribution < -0.4 is 9.47 Å². The van der Waals surface area contributed by atoms with Gasteiger partial charge in [-0.05, 0) is 93.8 Å². The highest BCUT2D eigenvalue weighted by atomic mass is 79.9. The van der Waals surface area contributed by atoms with Gasteiger partial charge in [0.2, 0.25) is 0 Å². The second-order valence-corrected chi connectivity index (χ2v) is 8.06. The molecule has 0 N–H and O–H groups in total. The molecule has 4 aromatic carbocycles. The van der Waals surface area contributed by atoms with Gasteiger partial charge in [0.25, 0.3) is 0 Å². The van der Waals surface area contributed by atoms with Crippen LogP contribution in [0.2, 0.25) is 5.02 Å². The van der Waals surface area contributed by atoms with Crippen LogP contribution in [0.5, 0.6) is 17.2 Å². The highest BCUT2D eigenvalue weighted by molar-refractivity contribution is 9.10. The maximum absolute atomic E-state index is 5.92. The van der Waals surface area contributed by atoms with E-state index in [0.29, 0.717) is 11.6 Å². The molecule has 0 saturated heterocycles. The number of ether oxygens (including phenoxy) is 2. The molecule has 0 atom stereocenters. The maximum atomic E-state index is 5.92. The Balaban J connectivity index is 1.36. The molecule has 0 bridgehead atoms. The first-order chi connectivity index (χ1) is 15.2. The lowest BCUT2D eigenvalue weighted by Crippen LogP contribution is -1.96. The first-order valence-electron chi connectivity index (χ1n) is 9.69. The molecule has 0 aliphatic carbocycles. The van der Waals surface area contributed by atoms with Crippen molar-refractivity contribution in [3.8, 4) is 17.2 Å². The van der Waals surface area contributed by atoms with Gasteiger partial charge in [0.1, 0.15) is 23.9 Å². The third-order valence-electron chi connectivity index (χ3n) is 4.44. The van der Waals surface area contributed by atoms with Gasteiger partial charge in [0.15, 0.2) is 0 Å². The fraction of sp³-hybridized carbons (Fsp3) is 0.0385. The largest absolute Gasteiger partial charge is 0.488 e. The number of hydrogen-bond acceptors (Lipinski definition) is 3. The van der Waals surface area contributed by atoms with Crippen molar-refractivity contribution in [1.82, 2.24) is 0 Å². The fourth-order valence-electron chi connectivity index (χ4n) is 2.83. The van der Waals surface area contributed by atoms with E-state index in [1.54, 1.807) is 0 Å². The Morgan fingerprint density at radius 3 is 2.23 bits per heavy atom. The normalized spacial score (nSPS) is 10.9. The van der Waals surface area contributed by atoms with Crippen LogP contribution in [0.25, 0.3) is 0 Å². The van der Waals surface area contributed by atoms with E-state index in [9.17, 15) is 0 Å². The van der Waals surface area contributed by atoms with Crippen molar-refractivity contribution in [3.05, 3.63) is 118 Å². The Kier molecular flexibility index (Phi) is 7.03. The summed E-state index contributed by atoms with van der Waals surface area (Å²) in [4.78, 5) is 4.54. The molecule has 0 spiro atoms. The number of aliphatic imine (C=N–C) groups is 1. The molecular formula is C26H19BrClNO2. The molecule has 0 amide bonds. The zero-order valence-corrected chi connectivity index (χ0v) is 18.9. The van der Waals surface area contributed by atoms with Crippen LogP contribution in [0.4, 0.5) is 5.69 Å². The predicted molar refractivity (Wildman–Crippen MR) is 130 cm³/mol. The Bertz CT molecular complexity index is 1160. The van der Waals surface area contributed by atoms with Crippen molar-refractivity contribution in [3.63, 3.8) is 0 Å². The molecule has 4 aromatic rings. The molecule has 154 valence electrons. The van der Waals surface area contributed by atoms with Crippen molar-refractivity contribution in [2.75, 3.05) is 0 Å². The van der Waals surface area contributed by atoms with Crippen molar-refractivity contribution >= 4 is 39.4 Å². The van der Waals surface area contributed by atoms with E-state index >= 15 is 0 Å². The summed E-state index contributed by atoms with van der Waals surface area (Å²) in [7, 11) is 0. The SMILES string of the molecule is Clc1ccc(COc2ccc(C=Nc3ccc(Oc4ccccc4)cc3)cc2Br)cc1. The lowest BCUT2D eigenvalue weighted by atomic mass is 10.2. The van der Waals surface area contributed by atoms with Crippen LogP contribution in [0, 0.1) is 0 Å². The van der Waals surface area contributed by atoms with Crippen LogP contribution in [0.1, 0.15) is 11.1 Å². The summed E-state index contributed by atoms with van der Waals surface area (Å²) in [6.45, 7) is 0.473. The molecule has 0 aliphatic rings. The van der Waals surface area contributed by atoms with Gasteiger partial charge < -0.3 is 9.47 Å². The minimum absolute atomic E-state index is 0.473. The summed E-state index contributed by atoms with van der Waals surface area (Å²) in [5, 5.41) is 0.715. The first kappa shape index (κ1) is 21.2. The number of para-hydroxylation sites is 1. The average Bonchev–Trinajstić information content (AvgIpc) is 2.80. The monoisotopic (exact) mass is 491 g/mol. The molecule has 0 unspecified atom stereocenters. The molecule has 0 aromatic heterocycles. The first-order valence-corrected chi connectivity index (χ1v) is 10.9. The standard InChI is InChI=1S/C26H19BrClNO2/c27-25-16-20(8-15-26(25)30-18-19-6-9-21(28)10-7-19)17-29-22-11-13-24(14-12-22)31-23-4-2-1-3-5-23/h1-17H,18H2. The molecule has 5 heteroatoms. The summed E-state index contributed by atoms with van der Waals surface area (Å²) in [6.07, 6.45) is 1.82. The minimum Gasteiger partial charge on any atom is -0.488 e. The average molecular weight is 493 g/mol. The summed E-state index contributed by atoms with van der Waals surface area (Å²) in [5.41, 5.74) is 2.87. The summed E-state index contributed by atoms with van der Waals surface area (Å²) >= 11 is 9.49. The predicted octanol–water partition coefficient (Wildman–Crippen LogP) is 8.22.